The normalized spacial score (nSPS) is 13.8. The van der Waals surface area contributed by atoms with Gasteiger partial charge in [0.05, 0.1) is 6.54 Å². The monoisotopic (exact) mass is 414 g/mol. The van der Waals surface area contributed by atoms with E-state index >= 15 is 0 Å². The lowest BCUT2D eigenvalue weighted by atomic mass is 10.2. The second-order valence-electron chi connectivity index (χ2n) is 6.64. The molecular weight excluding hydrogens is 396 g/mol. The summed E-state index contributed by atoms with van der Waals surface area (Å²) in [6, 6.07) is 5.76. The molecule has 0 unspecified atom stereocenters. The van der Waals surface area contributed by atoms with E-state index < -0.39 is 0 Å². The molecule has 2 heterocycles. The quantitative estimate of drug-likeness (QED) is 0.693. The van der Waals surface area contributed by atoms with Crippen molar-refractivity contribution < 1.29 is 4.79 Å². The minimum Gasteiger partial charge on any atom is -0.347 e. The smallest absolute Gasteiger partial charge is 0.243 e. The van der Waals surface area contributed by atoms with Crippen LogP contribution in [-0.4, -0.2) is 39.1 Å². The van der Waals surface area contributed by atoms with E-state index in [-0.39, 0.29) is 12.5 Å². The van der Waals surface area contributed by atoms with Gasteiger partial charge in [-0.2, -0.15) is 0 Å². The highest BCUT2D eigenvalue weighted by Gasteiger charge is 2.29. The molecule has 1 fully saturated rings. The maximum atomic E-state index is 12.5. The first-order valence-electron chi connectivity index (χ1n) is 8.49. The van der Waals surface area contributed by atoms with Crippen LogP contribution in [0.1, 0.15) is 30.1 Å². The molecule has 7 nitrogen and oxygen atoms in total. The Bertz CT molecular complexity index is 981. The summed E-state index contributed by atoms with van der Waals surface area (Å²) in [5.74, 6) is 2.01. The predicted octanol–water partition coefficient (Wildman–Crippen LogP) is 3.15. The van der Waals surface area contributed by atoms with Gasteiger partial charge in [0.15, 0.2) is 5.82 Å². The number of anilines is 2. The molecule has 1 N–H and O–H groups in total. The SMILES string of the molecule is Cc1cc(Br)ccc1NC(=O)CN(C)c1nccn2c(C3CC3)nnc12. The van der Waals surface area contributed by atoms with Crippen molar-refractivity contribution in [3.8, 4) is 0 Å². The van der Waals surface area contributed by atoms with Crippen LogP contribution in [0.2, 0.25) is 0 Å². The number of aromatic nitrogens is 4. The summed E-state index contributed by atoms with van der Waals surface area (Å²) >= 11 is 3.43. The molecule has 0 bridgehead atoms. The average Bonchev–Trinajstić information content (AvgIpc) is 3.35. The van der Waals surface area contributed by atoms with Crippen LogP contribution in [0, 0.1) is 6.92 Å². The molecule has 1 aliphatic carbocycles. The van der Waals surface area contributed by atoms with Crippen molar-refractivity contribution in [2.75, 3.05) is 23.8 Å². The molecule has 0 radical (unpaired) electrons. The molecule has 0 spiro atoms. The summed E-state index contributed by atoms with van der Waals surface area (Å²) in [6.07, 6.45) is 5.92. The zero-order valence-electron chi connectivity index (χ0n) is 14.6. The van der Waals surface area contributed by atoms with Crippen LogP contribution < -0.4 is 10.2 Å². The van der Waals surface area contributed by atoms with Crippen LogP contribution in [-0.2, 0) is 4.79 Å². The van der Waals surface area contributed by atoms with Gasteiger partial charge >= 0.3 is 0 Å². The van der Waals surface area contributed by atoms with Crippen LogP contribution in [0.4, 0.5) is 11.5 Å². The number of nitrogens with one attached hydrogen (secondary N) is 1. The molecule has 1 amide bonds. The van der Waals surface area contributed by atoms with E-state index in [1.54, 1.807) is 11.1 Å². The van der Waals surface area contributed by atoms with Gasteiger partial charge in [0.2, 0.25) is 11.6 Å². The predicted molar refractivity (Wildman–Crippen MR) is 104 cm³/mol. The van der Waals surface area contributed by atoms with Gasteiger partial charge in [-0.3, -0.25) is 9.20 Å². The van der Waals surface area contributed by atoms with Crippen molar-refractivity contribution in [3.05, 3.63) is 46.5 Å². The molecular formula is C18H19BrN6O. The summed E-state index contributed by atoms with van der Waals surface area (Å²) in [7, 11) is 1.84. The third-order valence-corrected chi connectivity index (χ3v) is 4.98. The summed E-state index contributed by atoms with van der Waals surface area (Å²) in [5.41, 5.74) is 2.49. The summed E-state index contributed by atoms with van der Waals surface area (Å²) < 4.78 is 2.96. The van der Waals surface area contributed by atoms with E-state index in [1.807, 2.05) is 42.8 Å². The van der Waals surface area contributed by atoms with E-state index in [0.29, 0.717) is 17.4 Å². The number of halogens is 1. The van der Waals surface area contributed by atoms with Gasteiger partial charge in [-0.05, 0) is 43.5 Å². The molecule has 1 saturated carbocycles. The zero-order valence-corrected chi connectivity index (χ0v) is 16.2. The van der Waals surface area contributed by atoms with E-state index in [0.717, 1.165) is 34.4 Å². The van der Waals surface area contributed by atoms with E-state index in [2.05, 4.69) is 36.4 Å². The van der Waals surface area contributed by atoms with Crippen LogP contribution in [0.15, 0.2) is 35.1 Å². The maximum Gasteiger partial charge on any atom is 0.243 e. The minimum atomic E-state index is -0.108. The van der Waals surface area contributed by atoms with Crippen molar-refractivity contribution in [1.29, 1.82) is 0 Å². The highest BCUT2D eigenvalue weighted by Crippen LogP contribution is 2.39. The van der Waals surface area contributed by atoms with Crippen molar-refractivity contribution in [3.63, 3.8) is 0 Å². The number of amides is 1. The summed E-state index contributed by atoms with van der Waals surface area (Å²) in [5, 5.41) is 11.5. The Morgan fingerprint density at radius 2 is 2.19 bits per heavy atom. The van der Waals surface area contributed by atoms with Crippen molar-refractivity contribution in [2.24, 2.45) is 0 Å². The molecule has 4 rings (SSSR count). The number of hydrogen-bond donors (Lipinski definition) is 1. The molecule has 2 aromatic heterocycles. The van der Waals surface area contributed by atoms with E-state index in [1.165, 1.54) is 0 Å². The molecule has 0 saturated heterocycles. The third-order valence-electron chi connectivity index (χ3n) is 4.48. The minimum absolute atomic E-state index is 0.108. The second-order valence-corrected chi connectivity index (χ2v) is 7.56. The molecule has 0 atom stereocenters. The molecule has 0 aliphatic heterocycles. The van der Waals surface area contributed by atoms with E-state index in [4.69, 9.17) is 0 Å². The lowest BCUT2D eigenvalue weighted by molar-refractivity contribution is -0.114. The van der Waals surface area contributed by atoms with Gasteiger partial charge in [0.25, 0.3) is 0 Å². The molecule has 3 aromatic rings. The number of carbonyl (C=O) groups is 1. The highest BCUT2D eigenvalue weighted by atomic mass is 79.9. The first-order chi connectivity index (χ1) is 12.5. The first kappa shape index (κ1) is 17.0. The molecule has 134 valence electrons. The Labute approximate surface area is 159 Å². The molecule has 8 heteroatoms. The topological polar surface area (TPSA) is 75.4 Å². The average molecular weight is 415 g/mol. The number of carbonyl (C=O) groups excluding carboxylic acids is 1. The van der Waals surface area contributed by atoms with Gasteiger partial charge in [-0.25, -0.2) is 4.98 Å². The third kappa shape index (κ3) is 3.29. The fraction of sp³-hybridized carbons (Fsp3) is 0.333. The lowest BCUT2D eigenvalue weighted by Gasteiger charge is -2.18. The fourth-order valence-corrected chi connectivity index (χ4v) is 3.44. The van der Waals surface area contributed by atoms with E-state index in [9.17, 15) is 4.79 Å². The van der Waals surface area contributed by atoms with Crippen LogP contribution >= 0.6 is 15.9 Å². The Hall–Kier alpha value is -2.48. The second kappa shape index (κ2) is 6.68. The Morgan fingerprint density at radius 1 is 1.38 bits per heavy atom. The molecule has 26 heavy (non-hydrogen) atoms. The van der Waals surface area contributed by atoms with Crippen molar-refractivity contribution in [1.82, 2.24) is 19.6 Å². The van der Waals surface area contributed by atoms with Gasteiger partial charge < -0.3 is 10.2 Å². The fourth-order valence-electron chi connectivity index (χ4n) is 2.97. The first-order valence-corrected chi connectivity index (χ1v) is 9.29. The van der Waals surface area contributed by atoms with Gasteiger partial charge in [0, 0.05) is 35.5 Å². The van der Waals surface area contributed by atoms with Crippen molar-refractivity contribution in [2.45, 2.75) is 25.7 Å². The molecule has 1 aromatic carbocycles. The Morgan fingerprint density at radius 3 is 2.92 bits per heavy atom. The Kier molecular flexibility index (Phi) is 4.36. The van der Waals surface area contributed by atoms with Crippen LogP contribution in [0.3, 0.4) is 0 Å². The van der Waals surface area contributed by atoms with Crippen molar-refractivity contribution >= 4 is 39.0 Å². The number of likely N-dealkylation sites (N-methyl/N-ethyl adjacent to an activating group) is 1. The van der Waals surface area contributed by atoms with Gasteiger partial charge in [0.1, 0.15) is 5.82 Å². The number of nitrogens with zero attached hydrogens (tertiary/aromatic N) is 5. The standard InChI is InChI=1S/C18H19BrN6O/c1-11-9-13(19)5-6-14(11)21-15(26)10-24(2)17-18-23-22-16(12-3-4-12)25(18)8-7-20-17/h5-9,12H,3-4,10H2,1-2H3,(H,21,26). The maximum absolute atomic E-state index is 12.5. The number of benzene rings is 1. The van der Waals surface area contributed by atoms with Gasteiger partial charge in [-0.1, -0.05) is 15.9 Å². The number of hydrogen-bond acceptors (Lipinski definition) is 5. The Balaban J connectivity index is 1.51. The largest absolute Gasteiger partial charge is 0.347 e. The summed E-state index contributed by atoms with van der Waals surface area (Å²) in [6.45, 7) is 2.13. The number of aryl methyl sites for hydroxylation is 1. The van der Waals surface area contributed by atoms with Crippen LogP contribution in [0.25, 0.3) is 5.65 Å². The lowest BCUT2D eigenvalue weighted by Crippen LogP contribution is -2.31. The number of rotatable bonds is 5. The zero-order chi connectivity index (χ0) is 18.3. The molecule has 1 aliphatic rings. The highest BCUT2D eigenvalue weighted by molar-refractivity contribution is 9.10. The van der Waals surface area contributed by atoms with Crippen LogP contribution in [0.5, 0.6) is 0 Å². The summed E-state index contributed by atoms with van der Waals surface area (Å²) in [4.78, 5) is 18.7. The van der Waals surface area contributed by atoms with Gasteiger partial charge in [-0.15, -0.1) is 10.2 Å². The number of fused-ring (bicyclic) bond motifs is 1.